The average molecular weight is 343 g/mol. The van der Waals surface area contributed by atoms with Gasteiger partial charge in [-0.2, -0.15) is 0 Å². The molecule has 0 saturated heterocycles. The number of carbonyl (C=O) groups is 1. The van der Waals surface area contributed by atoms with Gasteiger partial charge in [-0.1, -0.05) is 31.2 Å². The molecule has 0 heterocycles. The quantitative estimate of drug-likeness (QED) is 0.692. The topological polar surface area (TPSA) is 41.1 Å². The van der Waals surface area contributed by atoms with Crippen LogP contribution in [0, 0.1) is 13.8 Å². The Balaban J connectivity index is 1.84. The van der Waals surface area contributed by atoms with Gasteiger partial charge in [0, 0.05) is 29.3 Å². The van der Waals surface area contributed by atoms with Crippen LogP contribution in [0.2, 0.25) is 0 Å². The maximum absolute atomic E-state index is 12.2. The highest BCUT2D eigenvalue weighted by molar-refractivity contribution is 7.99. The molecular weight excluding hydrogens is 316 g/mol. The second-order valence-corrected chi connectivity index (χ2v) is 7.00. The van der Waals surface area contributed by atoms with E-state index in [1.165, 1.54) is 16.0 Å². The summed E-state index contributed by atoms with van der Waals surface area (Å²) in [5.41, 5.74) is 4.62. The van der Waals surface area contributed by atoms with Crippen molar-refractivity contribution in [3.05, 3.63) is 59.2 Å². The predicted molar refractivity (Wildman–Crippen MR) is 104 cm³/mol. The number of benzene rings is 2. The number of anilines is 1. The van der Waals surface area contributed by atoms with Crippen molar-refractivity contribution < 1.29 is 4.79 Å². The molecule has 0 atom stereocenters. The number of thioether (sulfide) groups is 1. The molecule has 3 nitrogen and oxygen atoms in total. The van der Waals surface area contributed by atoms with E-state index >= 15 is 0 Å². The lowest BCUT2D eigenvalue weighted by molar-refractivity contribution is -0.115. The minimum atomic E-state index is 0.0651. The monoisotopic (exact) mass is 342 g/mol. The molecule has 2 N–H and O–H groups in total. The first-order valence-electron chi connectivity index (χ1n) is 8.38. The van der Waals surface area contributed by atoms with Crippen LogP contribution in [0.25, 0.3) is 0 Å². The summed E-state index contributed by atoms with van der Waals surface area (Å²) in [6.07, 6.45) is 0.507. The second-order valence-electron chi connectivity index (χ2n) is 5.83. The molecule has 2 rings (SSSR count). The average Bonchev–Trinajstić information content (AvgIpc) is 2.57. The normalized spacial score (nSPS) is 10.6. The first-order chi connectivity index (χ1) is 11.6. The second kappa shape index (κ2) is 9.50. The van der Waals surface area contributed by atoms with Crippen LogP contribution in [0.1, 0.15) is 30.0 Å². The minimum absolute atomic E-state index is 0.0651. The van der Waals surface area contributed by atoms with Gasteiger partial charge in [-0.15, -0.1) is 11.8 Å². The maximum Gasteiger partial charge on any atom is 0.225 e. The summed E-state index contributed by atoms with van der Waals surface area (Å²) < 4.78 is 0. The summed E-state index contributed by atoms with van der Waals surface area (Å²) in [6, 6.07) is 14.4. The molecule has 0 saturated carbocycles. The van der Waals surface area contributed by atoms with Crippen molar-refractivity contribution in [3.8, 4) is 0 Å². The molecule has 0 spiro atoms. The molecule has 0 aliphatic carbocycles. The van der Waals surface area contributed by atoms with Crippen LogP contribution in [-0.2, 0) is 11.3 Å². The Morgan fingerprint density at radius 1 is 1.08 bits per heavy atom. The third-order valence-electron chi connectivity index (χ3n) is 3.93. The smallest absolute Gasteiger partial charge is 0.225 e. The van der Waals surface area contributed by atoms with Gasteiger partial charge in [-0.3, -0.25) is 4.79 Å². The molecule has 2 aromatic carbocycles. The number of para-hydroxylation sites is 1. The Bertz CT molecular complexity index is 685. The predicted octanol–water partition coefficient (Wildman–Crippen LogP) is 4.53. The zero-order chi connectivity index (χ0) is 17.4. The summed E-state index contributed by atoms with van der Waals surface area (Å²) in [4.78, 5) is 13.4. The van der Waals surface area contributed by atoms with Gasteiger partial charge in [0.2, 0.25) is 5.91 Å². The molecule has 24 heavy (non-hydrogen) atoms. The Labute approximate surface area is 149 Å². The SMILES string of the molecule is CCNCc1ccccc1NC(=O)CCSc1ccc(C)c(C)c1. The van der Waals surface area contributed by atoms with E-state index in [4.69, 9.17) is 0 Å². The van der Waals surface area contributed by atoms with Crippen LogP contribution >= 0.6 is 11.8 Å². The van der Waals surface area contributed by atoms with Crippen molar-refractivity contribution in [2.75, 3.05) is 17.6 Å². The van der Waals surface area contributed by atoms with Gasteiger partial charge in [0.1, 0.15) is 0 Å². The molecule has 1 amide bonds. The molecule has 4 heteroatoms. The van der Waals surface area contributed by atoms with Gasteiger partial charge in [-0.25, -0.2) is 0 Å². The maximum atomic E-state index is 12.2. The van der Waals surface area contributed by atoms with Gasteiger partial charge >= 0.3 is 0 Å². The van der Waals surface area contributed by atoms with Crippen molar-refractivity contribution in [2.24, 2.45) is 0 Å². The van der Waals surface area contributed by atoms with Crippen molar-refractivity contribution in [2.45, 2.75) is 38.6 Å². The number of rotatable bonds is 8. The van der Waals surface area contributed by atoms with E-state index < -0.39 is 0 Å². The molecule has 0 fully saturated rings. The molecule has 0 unspecified atom stereocenters. The number of nitrogens with one attached hydrogen (secondary N) is 2. The van der Waals surface area contributed by atoms with Gasteiger partial charge in [-0.05, 0) is 55.3 Å². The summed E-state index contributed by atoms with van der Waals surface area (Å²) in [5, 5.41) is 6.33. The van der Waals surface area contributed by atoms with Crippen molar-refractivity contribution >= 4 is 23.4 Å². The third kappa shape index (κ3) is 5.69. The van der Waals surface area contributed by atoms with E-state index in [-0.39, 0.29) is 5.91 Å². The zero-order valence-electron chi connectivity index (χ0n) is 14.7. The highest BCUT2D eigenvalue weighted by Crippen LogP contribution is 2.22. The highest BCUT2D eigenvalue weighted by atomic mass is 32.2. The van der Waals surface area contributed by atoms with Crippen LogP contribution in [0.15, 0.2) is 47.4 Å². The van der Waals surface area contributed by atoms with E-state index in [0.717, 1.165) is 30.1 Å². The van der Waals surface area contributed by atoms with E-state index in [1.54, 1.807) is 11.8 Å². The number of amides is 1. The fraction of sp³-hybridized carbons (Fsp3) is 0.350. The van der Waals surface area contributed by atoms with Gasteiger partial charge in [0.05, 0.1) is 0 Å². The van der Waals surface area contributed by atoms with Crippen LogP contribution in [-0.4, -0.2) is 18.2 Å². The van der Waals surface area contributed by atoms with Crippen LogP contribution < -0.4 is 10.6 Å². The van der Waals surface area contributed by atoms with Crippen LogP contribution in [0.3, 0.4) is 0 Å². The van der Waals surface area contributed by atoms with Crippen molar-refractivity contribution in [1.29, 1.82) is 0 Å². The minimum Gasteiger partial charge on any atom is -0.326 e. The highest BCUT2D eigenvalue weighted by Gasteiger charge is 2.07. The molecular formula is C20H26N2OS. The molecule has 0 radical (unpaired) electrons. The summed E-state index contributed by atoms with van der Waals surface area (Å²) in [7, 11) is 0. The fourth-order valence-electron chi connectivity index (χ4n) is 2.33. The molecule has 0 aliphatic heterocycles. The van der Waals surface area contributed by atoms with Crippen molar-refractivity contribution in [1.82, 2.24) is 5.32 Å². The number of aryl methyl sites for hydroxylation is 2. The fourth-order valence-corrected chi connectivity index (χ4v) is 3.28. The van der Waals surface area contributed by atoms with E-state index in [2.05, 4.69) is 49.6 Å². The first-order valence-corrected chi connectivity index (χ1v) is 9.37. The van der Waals surface area contributed by atoms with E-state index in [0.29, 0.717) is 6.42 Å². The van der Waals surface area contributed by atoms with Gasteiger partial charge in [0.25, 0.3) is 0 Å². The largest absolute Gasteiger partial charge is 0.326 e. The summed E-state index contributed by atoms with van der Waals surface area (Å²) >= 11 is 1.73. The van der Waals surface area contributed by atoms with Crippen LogP contribution in [0.5, 0.6) is 0 Å². The zero-order valence-corrected chi connectivity index (χ0v) is 15.5. The Kier molecular flexibility index (Phi) is 7.35. The number of hydrogen-bond acceptors (Lipinski definition) is 3. The number of hydrogen-bond donors (Lipinski definition) is 2. The van der Waals surface area contributed by atoms with Gasteiger partial charge in [0.15, 0.2) is 0 Å². The van der Waals surface area contributed by atoms with Crippen LogP contribution in [0.4, 0.5) is 5.69 Å². The number of carbonyl (C=O) groups excluding carboxylic acids is 1. The Morgan fingerprint density at radius 3 is 2.62 bits per heavy atom. The van der Waals surface area contributed by atoms with E-state index in [9.17, 15) is 4.79 Å². The van der Waals surface area contributed by atoms with Gasteiger partial charge < -0.3 is 10.6 Å². The molecule has 2 aromatic rings. The lowest BCUT2D eigenvalue weighted by Gasteiger charge is -2.11. The summed E-state index contributed by atoms with van der Waals surface area (Å²) in [5.74, 6) is 0.847. The summed E-state index contributed by atoms with van der Waals surface area (Å²) in [6.45, 7) is 7.99. The molecule has 0 bridgehead atoms. The molecule has 0 aliphatic rings. The molecule has 0 aromatic heterocycles. The lowest BCUT2D eigenvalue weighted by atomic mass is 10.1. The first kappa shape index (κ1) is 18.6. The molecule has 128 valence electrons. The standard InChI is InChI=1S/C20H26N2OS/c1-4-21-14-17-7-5-6-8-19(17)22-20(23)11-12-24-18-10-9-15(2)16(3)13-18/h5-10,13,21H,4,11-12,14H2,1-3H3,(H,22,23). The third-order valence-corrected chi connectivity index (χ3v) is 4.93. The van der Waals surface area contributed by atoms with E-state index in [1.807, 2.05) is 24.3 Å². The van der Waals surface area contributed by atoms with Crippen molar-refractivity contribution in [3.63, 3.8) is 0 Å². The Morgan fingerprint density at radius 2 is 1.88 bits per heavy atom. The lowest BCUT2D eigenvalue weighted by Crippen LogP contribution is -2.17. The Hall–Kier alpha value is -1.78.